The molecule has 3 N–H and O–H groups in total. The fourth-order valence-corrected chi connectivity index (χ4v) is 3.58. The molecule has 2 aromatic rings. The number of nitrogens with zero attached hydrogens (tertiary/aromatic N) is 2. The largest absolute Gasteiger partial charge is 0.344 e. The van der Waals surface area contributed by atoms with Crippen LogP contribution in [0.4, 0.5) is 0 Å². The Balaban J connectivity index is 1.68. The average molecular weight is 390 g/mol. The molecule has 1 fully saturated rings. The third kappa shape index (κ3) is 5.66. The number of hydrogen-bond acceptors (Lipinski definition) is 4. The normalized spacial score (nSPS) is 15.4. The maximum atomic E-state index is 13.0. The summed E-state index contributed by atoms with van der Waals surface area (Å²) in [7, 11) is 0. The van der Waals surface area contributed by atoms with Crippen molar-refractivity contribution in [2.24, 2.45) is 5.73 Å². The van der Waals surface area contributed by atoms with Crippen molar-refractivity contribution in [3.8, 4) is 6.07 Å². The van der Waals surface area contributed by atoms with E-state index < -0.39 is 12.1 Å². The molecular formula is C23H26N4O2. The molecule has 1 saturated heterocycles. The molecular weight excluding hydrogens is 364 g/mol. The number of carbonyl (C=O) groups excluding carboxylic acids is 2. The number of carbonyl (C=O) groups is 2. The first-order valence-corrected chi connectivity index (χ1v) is 9.94. The SMILES string of the molecule is N#Cc1ccc(CC(NC(=O)CC(N)c2ccccc2)C(=O)N2CCCC2)cc1. The Kier molecular flexibility index (Phi) is 6.99. The summed E-state index contributed by atoms with van der Waals surface area (Å²) < 4.78 is 0. The number of nitriles is 1. The van der Waals surface area contributed by atoms with E-state index in [0.29, 0.717) is 12.0 Å². The van der Waals surface area contributed by atoms with Crippen molar-refractivity contribution in [3.63, 3.8) is 0 Å². The molecule has 0 radical (unpaired) electrons. The molecule has 2 unspecified atom stereocenters. The van der Waals surface area contributed by atoms with Crippen molar-refractivity contribution in [2.45, 2.75) is 37.8 Å². The first-order chi connectivity index (χ1) is 14.1. The molecule has 0 aliphatic carbocycles. The van der Waals surface area contributed by atoms with Gasteiger partial charge in [0.15, 0.2) is 0 Å². The number of hydrogen-bond donors (Lipinski definition) is 2. The fraction of sp³-hybridized carbons (Fsp3) is 0.348. The molecule has 2 amide bonds. The lowest BCUT2D eigenvalue weighted by atomic mass is 10.0. The van der Waals surface area contributed by atoms with E-state index in [2.05, 4.69) is 11.4 Å². The van der Waals surface area contributed by atoms with E-state index in [0.717, 1.165) is 37.1 Å². The van der Waals surface area contributed by atoms with E-state index in [1.54, 1.807) is 12.1 Å². The first-order valence-electron chi connectivity index (χ1n) is 9.94. The monoisotopic (exact) mass is 390 g/mol. The van der Waals surface area contributed by atoms with Gasteiger partial charge in [0.25, 0.3) is 0 Å². The molecule has 1 heterocycles. The van der Waals surface area contributed by atoms with Gasteiger partial charge in [-0.15, -0.1) is 0 Å². The molecule has 150 valence electrons. The Hall–Kier alpha value is -3.17. The number of rotatable bonds is 7. The topological polar surface area (TPSA) is 99.2 Å². The van der Waals surface area contributed by atoms with E-state index in [4.69, 9.17) is 11.0 Å². The lowest BCUT2D eigenvalue weighted by Gasteiger charge is -2.25. The molecule has 6 heteroatoms. The summed E-state index contributed by atoms with van der Waals surface area (Å²) in [5, 5.41) is 11.9. The quantitative estimate of drug-likeness (QED) is 0.758. The predicted molar refractivity (Wildman–Crippen MR) is 111 cm³/mol. The zero-order chi connectivity index (χ0) is 20.6. The van der Waals surface area contributed by atoms with Crippen LogP contribution in [0, 0.1) is 11.3 Å². The Morgan fingerprint density at radius 2 is 1.72 bits per heavy atom. The van der Waals surface area contributed by atoms with Gasteiger partial charge in [-0.1, -0.05) is 42.5 Å². The van der Waals surface area contributed by atoms with Crippen molar-refractivity contribution < 1.29 is 9.59 Å². The van der Waals surface area contributed by atoms with Crippen molar-refractivity contribution in [1.82, 2.24) is 10.2 Å². The standard InChI is InChI=1S/C23H26N4O2/c24-16-18-10-8-17(9-11-18)14-21(23(29)27-12-4-5-13-27)26-22(28)15-20(25)19-6-2-1-3-7-19/h1-3,6-11,20-21H,4-5,12-15,25H2,(H,26,28). The van der Waals surface area contributed by atoms with E-state index >= 15 is 0 Å². The van der Waals surface area contributed by atoms with Crippen LogP contribution < -0.4 is 11.1 Å². The molecule has 1 aliphatic rings. The van der Waals surface area contributed by atoms with Crippen LogP contribution in [0.3, 0.4) is 0 Å². The number of amides is 2. The van der Waals surface area contributed by atoms with Gasteiger partial charge in [0, 0.05) is 32.0 Å². The minimum Gasteiger partial charge on any atom is -0.344 e. The number of nitrogens with two attached hydrogens (primary N) is 1. The third-order valence-electron chi connectivity index (χ3n) is 5.21. The Labute approximate surface area is 171 Å². The smallest absolute Gasteiger partial charge is 0.245 e. The van der Waals surface area contributed by atoms with Gasteiger partial charge in [0.1, 0.15) is 6.04 Å². The fourth-order valence-electron chi connectivity index (χ4n) is 3.58. The lowest BCUT2D eigenvalue weighted by molar-refractivity contribution is -0.135. The summed E-state index contributed by atoms with van der Waals surface area (Å²) in [6, 6.07) is 17.6. The van der Waals surface area contributed by atoms with Gasteiger partial charge in [-0.3, -0.25) is 9.59 Å². The maximum absolute atomic E-state index is 13.0. The second kappa shape index (κ2) is 9.85. The Bertz CT molecular complexity index is 868. The molecule has 29 heavy (non-hydrogen) atoms. The van der Waals surface area contributed by atoms with Crippen LogP contribution >= 0.6 is 0 Å². The van der Waals surface area contributed by atoms with Crippen LogP contribution in [-0.4, -0.2) is 35.8 Å². The Morgan fingerprint density at radius 3 is 2.34 bits per heavy atom. The van der Waals surface area contributed by atoms with Crippen LogP contribution in [0.2, 0.25) is 0 Å². The predicted octanol–water partition coefficient (Wildman–Crippen LogP) is 2.30. The van der Waals surface area contributed by atoms with Gasteiger partial charge < -0.3 is 16.0 Å². The van der Waals surface area contributed by atoms with E-state index in [1.807, 2.05) is 47.4 Å². The highest BCUT2D eigenvalue weighted by Gasteiger charge is 2.28. The van der Waals surface area contributed by atoms with E-state index in [1.165, 1.54) is 0 Å². The van der Waals surface area contributed by atoms with Crippen LogP contribution in [0.1, 0.15) is 42.0 Å². The minimum atomic E-state index is -0.642. The van der Waals surface area contributed by atoms with Crippen molar-refractivity contribution in [2.75, 3.05) is 13.1 Å². The van der Waals surface area contributed by atoms with Crippen LogP contribution in [-0.2, 0) is 16.0 Å². The summed E-state index contributed by atoms with van der Waals surface area (Å²) in [5.41, 5.74) is 8.52. The van der Waals surface area contributed by atoms with Crippen molar-refractivity contribution >= 4 is 11.8 Å². The summed E-state index contributed by atoms with van der Waals surface area (Å²) >= 11 is 0. The van der Waals surface area contributed by atoms with E-state index in [-0.39, 0.29) is 18.2 Å². The zero-order valence-electron chi connectivity index (χ0n) is 16.4. The molecule has 6 nitrogen and oxygen atoms in total. The number of benzene rings is 2. The second-order valence-corrected chi connectivity index (χ2v) is 7.39. The summed E-state index contributed by atoms with van der Waals surface area (Å²) in [5.74, 6) is -0.305. The van der Waals surface area contributed by atoms with Gasteiger partial charge in [0.2, 0.25) is 11.8 Å². The van der Waals surface area contributed by atoms with Crippen LogP contribution in [0.25, 0.3) is 0 Å². The molecule has 0 aromatic heterocycles. The van der Waals surface area contributed by atoms with Crippen molar-refractivity contribution in [3.05, 3.63) is 71.3 Å². The molecule has 0 bridgehead atoms. The number of likely N-dealkylation sites (tertiary alicyclic amines) is 1. The molecule has 1 aliphatic heterocycles. The lowest BCUT2D eigenvalue weighted by Crippen LogP contribution is -2.49. The van der Waals surface area contributed by atoms with Crippen molar-refractivity contribution in [1.29, 1.82) is 5.26 Å². The number of nitrogens with one attached hydrogen (secondary N) is 1. The third-order valence-corrected chi connectivity index (χ3v) is 5.21. The van der Waals surface area contributed by atoms with Gasteiger partial charge >= 0.3 is 0 Å². The van der Waals surface area contributed by atoms with Crippen LogP contribution in [0.5, 0.6) is 0 Å². The zero-order valence-corrected chi connectivity index (χ0v) is 16.4. The van der Waals surface area contributed by atoms with Gasteiger partial charge in [-0.25, -0.2) is 0 Å². The van der Waals surface area contributed by atoms with Gasteiger partial charge in [0.05, 0.1) is 11.6 Å². The van der Waals surface area contributed by atoms with Crippen LogP contribution in [0.15, 0.2) is 54.6 Å². The first kappa shape index (κ1) is 20.6. The van der Waals surface area contributed by atoms with Gasteiger partial charge in [-0.2, -0.15) is 5.26 Å². The highest BCUT2D eigenvalue weighted by molar-refractivity contribution is 5.88. The summed E-state index contributed by atoms with van der Waals surface area (Å²) in [6.45, 7) is 1.45. The second-order valence-electron chi connectivity index (χ2n) is 7.39. The molecule has 0 spiro atoms. The average Bonchev–Trinajstić information content (AvgIpc) is 3.28. The molecule has 2 atom stereocenters. The van der Waals surface area contributed by atoms with E-state index in [9.17, 15) is 9.59 Å². The Morgan fingerprint density at radius 1 is 1.07 bits per heavy atom. The maximum Gasteiger partial charge on any atom is 0.245 e. The summed E-state index contributed by atoms with van der Waals surface area (Å²) in [6.07, 6.45) is 2.47. The van der Waals surface area contributed by atoms with Gasteiger partial charge in [-0.05, 0) is 36.1 Å². The molecule has 3 rings (SSSR count). The summed E-state index contributed by atoms with van der Waals surface area (Å²) in [4.78, 5) is 27.4. The highest BCUT2D eigenvalue weighted by Crippen LogP contribution is 2.16. The molecule has 2 aromatic carbocycles. The molecule has 0 saturated carbocycles. The minimum absolute atomic E-state index is 0.0616. The highest BCUT2D eigenvalue weighted by atomic mass is 16.2.